The van der Waals surface area contributed by atoms with Gasteiger partial charge in [0.2, 0.25) is 0 Å². The number of likely N-dealkylation sites (tertiary alicyclic amines) is 1. The van der Waals surface area contributed by atoms with Gasteiger partial charge in [-0.2, -0.15) is 0 Å². The van der Waals surface area contributed by atoms with Crippen LogP contribution < -0.4 is 5.73 Å². The minimum atomic E-state index is 0.431. The molecular weight excluding hydrogens is 254 g/mol. The molecule has 15 heavy (non-hydrogen) atoms. The summed E-state index contributed by atoms with van der Waals surface area (Å²) in [4.78, 5) is 6.58. The third-order valence-corrected chi connectivity index (χ3v) is 3.58. The molecular formula is C11H16BrN3. The van der Waals surface area contributed by atoms with Crippen molar-refractivity contribution in [2.45, 2.75) is 12.5 Å². The maximum Gasteiger partial charge on any atom is 0.0410 e. The zero-order valence-corrected chi connectivity index (χ0v) is 10.4. The molecule has 1 saturated heterocycles. The molecule has 0 bridgehead atoms. The van der Waals surface area contributed by atoms with Crippen molar-refractivity contribution in [3.63, 3.8) is 0 Å². The van der Waals surface area contributed by atoms with Crippen LogP contribution in [0.2, 0.25) is 0 Å². The fraction of sp³-hybridized carbons (Fsp3) is 0.545. The van der Waals surface area contributed by atoms with Gasteiger partial charge in [-0.1, -0.05) is 0 Å². The Morgan fingerprint density at radius 2 is 2.40 bits per heavy atom. The summed E-state index contributed by atoms with van der Waals surface area (Å²) in [5, 5.41) is 0. The molecule has 2 N–H and O–H groups in total. The lowest BCUT2D eigenvalue weighted by Crippen LogP contribution is -2.25. The number of aromatic nitrogens is 1. The minimum Gasteiger partial charge on any atom is -0.330 e. The van der Waals surface area contributed by atoms with Crippen LogP contribution in [0.5, 0.6) is 0 Å². The molecule has 0 aromatic carbocycles. The number of nitrogens with two attached hydrogens (primary N) is 1. The summed E-state index contributed by atoms with van der Waals surface area (Å²) >= 11 is 3.46. The zero-order chi connectivity index (χ0) is 10.8. The molecule has 82 valence electrons. The molecule has 3 nitrogen and oxygen atoms in total. The molecule has 0 aliphatic carbocycles. The third kappa shape index (κ3) is 2.22. The quantitative estimate of drug-likeness (QED) is 0.891. The van der Waals surface area contributed by atoms with Gasteiger partial charge in [0, 0.05) is 22.9 Å². The first-order chi connectivity index (χ1) is 7.22. The predicted octanol–water partition coefficient (Wildman–Crippen LogP) is 1.80. The van der Waals surface area contributed by atoms with Gasteiger partial charge in [-0.05, 0) is 60.0 Å². The largest absolute Gasteiger partial charge is 0.330 e. The highest BCUT2D eigenvalue weighted by atomic mass is 79.9. The normalized spacial score (nSPS) is 27.1. The number of hydrogen-bond acceptors (Lipinski definition) is 3. The number of rotatable bonds is 2. The summed E-state index contributed by atoms with van der Waals surface area (Å²) in [6.07, 6.45) is 4.94. The SMILES string of the molecule is CN1CCC(CN)C1c1cncc(Br)c1. The third-order valence-electron chi connectivity index (χ3n) is 3.14. The first kappa shape index (κ1) is 11.0. The Bertz CT molecular complexity index is 342. The molecule has 1 aromatic heterocycles. The van der Waals surface area contributed by atoms with Crippen molar-refractivity contribution in [1.29, 1.82) is 0 Å². The summed E-state index contributed by atoms with van der Waals surface area (Å²) < 4.78 is 1.04. The molecule has 0 saturated carbocycles. The van der Waals surface area contributed by atoms with Gasteiger partial charge in [0.1, 0.15) is 0 Å². The second-order valence-electron chi connectivity index (χ2n) is 4.15. The van der Waals surface area contributed by atoms with E-state index >= 15 is 0 Å². The maximum atomic E-state index is 5.80. The molecule has 1 aliphatic heterocycles. The second-order valence-corrected chi connectivity index (χ2v) is 5.06. The van der Waals surface area contributed by atoms with E-state index < -0.39 is 0 Å². The van der Waals surface area contributed by atoms with Crippen LogP contribution in [-0.2, 0) is 0 Å². The van der Waals surface area contributed by atoms with Gasteiger partial charge in [-0.15, -0.1) is 0 Å². The van der Waals surface area contributed by atoms with Crippen LogP contribution >= 0.6 is 15.9 Å². The van der Waals surface area contributed by atoms with Crippen molar-refractivity contribution in [1.82, 2.24) is 9.88 Å². The molecule has 4 heteroatoms. The van der Waals surface area contributed by atoms with E-state index in [2.05, 4.69) is 38.9 Å². The fourth-order valence-corrected chi connectivity index (χ4v) is 2.77. The Kier molecular flexibility index (Phi) is 3.38. The van der Waals surface area contributed by atoms with Crippen molar-refractivity contribution in [2.24, 2.45) is 11.7 Å². The van der Waals surface area contributed by atoms with E-state index in [-0.39, 0.29) is 0 Å². The van der Waals surface area contributed by atoms with E-state index in [1.165, 1.54) is 12.0 Å². The molecule has 0 amide bonds. The van der Waals surface area contributed by atoms with Gasteiger partial charge in [-0.3, -0.25) is 9.88 Å². The van der Waals surface area contributed by atoms with Gasteiger partial charge < -0.3 is 5.73 Å². The van der Waals surface area contributed by atoms with E-state index in [0.717, 1.165) is 17.6 Å². The summed E-state index contributed by atoms with van der Waals surface area (Å²) in [6, 6.07) is 2.57. The Morgan fingerprint density at radius 1 is 1.60 bits per heavy atom. The Morgan fingerprint density at radius 3 is 3.07 bits per heavy atom. The van der Waals surface area contributed by atoms with Crippen molar-refractivity contribution >= 4 is 15.9 Å². The van der Waals surface area contributed by atoms with Crippen LogP contribution in [0, 0.1) is 5.92 Å². The smallest absolute Gasteiger partial charge is 0.0410 e. The van der Waals surface area contributed by atoms with Crippen LogP contribution in [-0.4, -0.2) is 30.0 Å². The van der Waals surface area contributed by atoms with Crippen molar-refractivity contribution in [2.75, 3.05) is 20.1 Å². The topological polar surface area (TPSA) is 42.1 Å². The average molecular weight is 270 g/mol. The van der Waals surface area contributed by atoms with Crippen molar-refractivity contribution in [3.05, 3.63) is 28.5 Å². The Labute approximate surface area is 98.8 Å². The van der Waals surface area contributed by atoms with Crippen LogP contribution in [0.4, 0.5) is 0 Å². The predicted molar refractivity (Wildman–Crippen MR) is 64.5 cm³/mol. The van der Waals surface area contributed by atoms with Crippen molar-refractivity contribution < 1.29 is 0 Å². The number of nitrogens with zero attached hydrogens (tertiary/aromatic N) is 2. The Balaban J connectivity index is 2.28. The van der Waals surface area contributed by atoms with Crippen LogP contribution in [0.1, 0.15) is 18.0 Å². The maximum absolute atomic E-state index is 5.80. The summed E-state index contributed by atoms with van der Waals surface area (Å²) in [6.45, 7) is 1.88. The molecule has 1 fully saturated rings. The minimum absolute atomic E-state index is 0.431. The van der Waals surface area contributed by atoms with E-state index in [0.29, 0.717) is 12.0 Å². The first-order valence-corrected chi connectivity index (χ1v) is 6.02. The average Bonchev–Trinajstić information content (AvgIpc) is 2.59. The summed E-state index contributed by atoms with van der Waals surface area (Å²) in [5.74, 6) is 0.561. The van der Waals surface area contributed by atoms with Crippen LogP contribution in [0.3, 0.4) is 0 Å². The number of hydrogen-bond donors (Lipinski definition) is 1. The first-order valence-electron chi connectivity index (χ1n) is 5.23. The van der Waals surface area contributed by atoms with Gasteiger partial charge in [0.15, 0.2) is 0 Å². The second kappa shape index (κ2) is 4.60. The monoisotopic (exact) mass is 269 g/mol. The lowest BCUT2D eigenvalue weighted by Gasteiger charge is -2.24. The lowest BCUT2D eigenvalue weighted by atomic mass is 9.95. The van der Waals surface area contributed by atoms with E-state index in [1.54, 1.807) is 0 Å². The highest BCUT2D eigenvalue weighted by Gasteiger charge is 2.32. The van der Waals surface area contributed by atoms with Crippen LogP contribution in [0.25, 0.3) is 0 Å². The summed E-state index contributed by atoms with van der Waals surface area (Å²) in [5.41, 5.74) is 7.07. The van der Waals surface area contributed by atoms with Crippen molar-refractivity contribution in [3.8, 4) is 0 Å². The van der Waals surface area contributed by atoms with E-state index in [9.17, 15) is 0 Å². The molecule has 2 rings (SSSR count). The number of halogens is 1. The highest BCUT2D eigenvalue weighted by Crippen LogP contribution is 2.35. The summed E-state index contributed by atoms with van der Waals surface area (Å²) in [7, 11) is 2.15. The van der Waals surface area contributed by atoms with Gasteiger partial charge >= 0.3 is 0 Å². The van der Waals surface area contributed by atoms with E-state index in [1.807, 2.05) is 12.4 Å². The van der Waals surface area contributed by atoms with E-state index in [4.69, 9.17) is 5.73 Å². The lowest BCUT2D eigenvalue weighted by molar-refractivity contribution is 0.279. The molecule has 1 aromatic rings. The highest BCUT2D eigenvalue weighted by molar-refractivity contribution is 9.10. The number of pyridine rings is 1. The molecule has 2 heterocycles. The molecule has 0 spiro atoms. The van der Waals surface area contributed by atoms with Crippen LogP contribution in [0.15, 0.2) is 22.9 Å². The zero-order valence-electron chi connectivity index (χ0n) is 8.86. The molecule has 1 aliphatic rings. The molecule has 0 radical (unpaired) electrons. The molecule has 2 unspecified atom stereocenters. The van der Waals surface area contributed by atoms with Gasteiger partial charge in [0.05, 0.1) is 0 Å². The fourth-order valence-electron chi connectivity index (χ4n) is 2.39. The van der Waals surface area contributed by atoms with Gasteiger partial charge in [0.25, 0.3) is 0 Å². The standard InChI is InChI=1S/C11H16BrN3/c1-15-3-2-8(5-13)11(15)9-4-10(12)7-14-6-9/h4,6-8,11H,2-3,5,13H2,1H3. The van der Waals surface area contributed by atoms with Gasteiger partial charge in [-0.25, -0.2) is 0 Å². The molecule has 2 atom stereocenters. The Hall–Kier alpha value is -0.450.